The van der Waals surface area contributed by atoms with Crippen molar-refractivity contribution in [3.8, 4) is 0 Å². The lowest BCUT2D eigenvalue weighted by molar-refractivity contribution is 1.01. The third kappa shape index (κ3) is 1.59. The van der Waals surface area contributed by atoms with Gasteiger partial charge in [-0.15, -0.1) is 0 Å². The van der Waals surface area contributed by atoms with E-state index in [0.717, 1.165) is 13.7 Å². The predicted octanol–water partition coefficient (Wildman–Crippen LogP) is 2.91. The SMILES string of the molecule is Nc1nc(C2CC2)c(Br)cc1I. The Bertz CT molecular complexity index is 323. The molecule has 12 heavy (non-hydrogen) atoms. The van der Waals surface area contributed by atoms with Crippen LogP contribution in [0.15, 0.2) is 10.5 Å². The number of pyridine rings is 1. The second-order valence-corrected chi connectivity index (χ2v) is 5.01. The first-order valence-corrected chi connectivity index (χ1v) is 5.67. The van der Waals surface area contributed by atoms with E-state index in [9.17, 15) is 0 Å². The van der Waals surface area contributed by atoms with Crippen LogP contribution in [0, 0.1) is 3.57 Å². The number of hydrogen-bond donors (Lipinski definition) is 1. The van der Waals surface area contributed by atoms with Gasteiger partial charge < -0.3 is 5.73 Å². The van der Waals surface area contributed by atoms with E-state index in [2.05, 4.69) is 43.5 Å². The summed E-state index contributed by atoms with van der Waals surface area (Å²) in [5, 5.41) is 0. The van der Waals surface area contributed by atoms with Gasteiger partial charge in [-0.1, -0.05) is 0 Å². The van der Waals surface area contributed by atoms with Gasteiger partial charge in [0.1, 0.15) is 5.82 Å². The van der Waals surface area contributed by atoms with Crippen molar-refractivity contribution in [1.82, 2.24) is 4.98 Å². The quantitative estimate of drug-likeness (QED) is 0.800. The summed E-state index contributed by atoms with van der Waals surface area (Å²) in [5.41, 5.74) is 6.85. The van der Waals surface area contributed by atoms with E-state index in [1.807, 2.05) is 6.07 Å². The van der Waals surface area contributed by atoms with Gasteiger partial charge in [-0.2, -0.15) is 0 Å². The maximum absolute atomic E-state index is 5.72. The maximum atomic E-state index is 5.72. The van der Waals surface area contributed by atoms with Crippen LogP contribution in [-0.2, 0) is 0 Å². The van der Waals surface area contributed by atoms with Crippen LogP contribution in [0.2, 0.25) is 0 Å². The number of rotatable bonds is 1. The Balaban J connectivity index is 2.47. The van der Waals surface area contributed by atoms with Crippen molar-refractivity contribution in [3.05, 3.63) is 19.8 Å². The normalized spacial score (nSPS) is 16.5. The minimum absolute atomic E-state index is 0.652. The highest BCUT2D eigenvalue weighted by molar-refractivity contribution is 14.1. The first-order chi connectivity index (χ1) is 5.68. The van der Waals surface area contributed by atoms with Crippen LogP contribution in [0.25, 0.3) is 0 Å². The molecular weight excluding hydrogens is 331 g/mol. The molecule has 0 saturated heterocycles. The average molecular weight is 339 g/mol. The topological polar surface area (TPSA) is 38.9 Å². The second kappa shape index (κ2) is 3.14. The number of anilines is 1. The van der Waals surface area contributed by atoms with E-state index in [1.54, 1.807) is 0 Å². The van der Waals surface area contributed by atoms with Crippen molar-refractivity contribution in [1.29, 1.82) is 0 Å². The van der Waals surface area contributed by atoms with Crippen LogP contribution < -0.4 is 5.73 Å². The largest absolute Gasteiger partial charge is 0.383 e. The van der Waals surface area contributed by atoms with E-state index in [-0.39, 0.29) is 0 Å². The lowest BCUT2D eigenvalue weighted by Gasteiger charge is -2.04. The van der Waals surface area contributed by atoms with Crippen molar-refractivity contribution < 1.29 is 0 Å². The monoisotopic (exact) mass is 338 g/mol. The van der Waals surface area contributed by atoms with E-state index < -0.39 is 0 Å². The standard InChI is InChI=1S/C8H8BrIN2/c9-5-3-6(10)8(11)12-7(5)4-1-2-4/h3-4H,1-2H2,(H2,11,12). The molecule has 0 bridgehead atoms. The molecule has 0 spiro atoms. The summed E-state index contributed by atoms with van der Waals surface area (Å²) in [7, 11) is 0. The Labute approximate surface area is 93.2 Å². The maximum Gasteiger partial charge on any atom is 0.137 e. The highest BCUT2D eigenvalue weighted by Gasteiger charge is 2.27. The second-order valence-electron chi connectivity index (χ2n) is 3.00. The molecule has 1 aliphatic rings. The van der Waals surface area contributed by atoms with Crippen LogP contribution in [-0.4, -0.2) is 4.98 Å². The summed E-state index contributed by atoms with van der Waals surface area (Å²) in [5.74, 6) is 1.30. The lowest BCUT2D eigenvalue weighted by Crippen LogP contribution is -1.98. The third-order valence-corrected chi connectivity index (χ3v) is 3.45. The molecule has 0 aliphatic heterocycles. The Kier molecular flexibility index (Phi) is 2.29. The molecular formula is C8H8BrIN2. The minimum atomic E-state index is 0.652. The molecule has 0 atom stereocenters. The van der Waals surface area contributed by atoms with Crippen LogP contribution in [0.1, 0.15) is 24.5 Å². The molecule has 1 aromatic rings. The van der Waals surface area contributed by atoms with Crippen LogP contribution in [0.5, 0.6) is 0 Å². The first kappa shape index (κ1) is 8.74. The highest BCUT2D eigenvalue weighted by Crippen LogP contribution is 2.42. The summed E-state index contributed by atoms with van der Waals surface area (Å²) in [6, 6.07) is 2.04. The Hall–Kier alpha value is 0.160. The van der Waals surface area contributed by atoms with Gasteiger partial charge in [0.2, 0.25) is 0 Å². The fourth-order valence-corrected chi connectivity index (χ4v) is 2.64. The van der Waals surface area contributed by atoms with Gasteiger partial charge in [0.25, 0.3) is 0 Å². The smallest absolute Gasteiger partial charge is 0.137 e. The Morgan fingerprint density at radius 2 is 2.25 bits per heavy atom. The first-order valence-electron chi connectivity index (χ1n) is 3.80. The van der Waals surface area contributed by atoms with E-state index in [1.165, 1.54) is 12.8 Å². The minimum Gasteiger partial charge on any atom is -0.383 e. The fraction of sp³-hybridized carbons (Fsp3) is 0.375. The molecule has 1 heterocycles. The summed E-state index contributed by atoms with van der Waals surface area (Å²) in [4.78, 5) is 4.36. The van der Waals surface area contributed by atoms with Crippen molar-refractivity contribution in [2.75, 3.05) is 5.73 Å². The van der Waals surface area contributed by atoms with Crippen LogP contribution in [0.4, 0.5) is 5.82 Å². The van der Waals surface area contributed by atoms with Crippen LogP contribution in [0.3, 0.4) is 0 Å². The zero-order valence-electron chi connectivity index (χ0n) is 6.35. The van der Waals surface area contributed by atoms with Gasteiger partial charge in [-0.3, -0.25) is 0 Å². The van der Waals surface area contributed by atoms with Crippen molar-refractivity contribution >= 4 is 44.3 Å². The van der Waals surface area contributed by atoms with E-state index in [0.29, 0.717) is 11.7 Å². The number of nitrogens with two attached hydrogens (primary N) is 1. The predicted molar refractivity (Wildman–Crippen MR) is 61.0 cm³/mol. The molecule has 2 N–H and O–H groups in total. The molecule has 0 radical (unpaired) electrons. The van der Waals surface area contributed by atoms with Gasteiger partial charge in [-0.05, 0) is 57.4 Å². The van der Waals surface area contributed by atoms with Gasteiger partial charge in [0.05, 0.1) is 9.26 Å². The lowest BCUT2D eigenvalue weighted by atomic mass is 10.2. The van der Waals surface area contributed by atoms with Gasteiger partial charge in [-0.25, -0.2) is 4.98 Å². The number of hydrogen-bond acceptors (Lipinski definition) is 2. The summed E-state index contributed by atoms with van der Waals surface area (Å²) in [6.07, 6.45) is 2.51. The number of nitrogens with zero attached hydrogens (tertiary/aromatic N) is 1. The molecule has 2 nitrogen and oxygen atoms in total. The Morgan fingerprint density at radius 3 is 2.83 bits per heavy atom. The van der Waals surface area contributed by atoms with Crippen LogP contribution >= 0.6 is 38.5 Å². The molecule has 4 heteroatoms. The van der Waals surface area contributed by atoms with Gasteiger partial charge in [0.15, 0.2) is 0 Å². The number of nitrogen functional groups attached to an aromatic ring is 1. The molecule has 2 rings (SSSR count). The summed E-state index contributed by atoms with van der Waals surface area (Å²) < 4.78 is 2.12. The molecule has 1 saturated carbocycles. The molecule has 0 aromatic carbocycles. The van der Waals surface area contributed by atoms with Crippen molar-refractivity contribution in [2.24, 2.45) is 0 Å². The fourth-order valence-electron chi connectivity index (χ4n) is 1.14. The molecule has 0 unspecified atom stereocenters. The third-order valence-electron chi connectivity index (χ3n) is 1.95. The molecule has 1 aliphatic carbocycles. The Morgan fingerprint density at radius 1 is 1.58 bits per heavy atom. The zero-order valence-corrected chi connectivity index (χ0v) is 10.1. The summed E-state index contributed by atoms with van der Waals surface area (Å²) in [6.45, 7) is 0. The van der Waals surface area contributed by atoms with Gasteiger partial charge in [0, 0.05) is 10.4 Å². The molecule has 1 fully saturated rings. The number of aromatic nitrogens is 1. The van der Waals surface area contributed by atoms with E-state index in [4.69, 9.17) is 5.73 Å². The molecule has 1 aromatic heterocycles. The summed E-state index contributed by atoms with van der Waals surface area (Å²) >= 11 is 5.69. The average Bonchev–Trinajstić information content (AvgIpc) is 2.79. The molecule has 64 valence electrons. The van der Waals surface area contributed by atoms with Crippen molar-refractivity contribution in [3.63, 3.8) is 0 Å². The number of halogens is 2. The van der Waals surface area contributed by atoms with E-state index >= 15 is 0 Å². The van der Waals surface area contributed by atoms with Crippen molar-refractivity contribution in [2.45, 2.75) is 18.8 Å². The highest BCUT2D eigenvalue weighted by atomic mass is 127. The van der Waals surface area contributed by atoms with Gasteiger partial charge >= 0.3 is 0 Å². The zero-order chi connectivity index (χ0) is 8.72. The molecule has 0 amide bonds.